The molecule has 0 aliphatic carbocycles. The third-order valence-corrected chi connectivity index (χ3v) is 9.02. The quantitative estimate of drug-likeness (QED) is 0.334. The van der Waals surface area contributed by atoms with E-state index in [0.717, 1.165) is 11.4 Å². The second-order valence-electron chi connectivity index (χ2n) is 9.94. The maximum Gasteiger partial charge on any atom is 0.259 e. The first-order chi connectivity index (χ1) is 19.9. The maximum absolute atomic E-state index is 13.8. The molecule has 2 aliphatic rings. The minimum Gasteiger partial charge on any atom is -0.497 e. The molecule has 0 N–H and O–H groups in total. The number of halogens is 1. The maximum atomic E-state index is 13.8. The van der Waals surface area contributed by atoms with Crippen molar-refractivity contribution in [2.45, 2.75) is 16.3 Å². The number of hydrogen-bond donors (Lipinski definition) is 0. The Bertz CT molecular complexity index is 1630. The number of benzene rings is 4. The highest BCUT2D eigenvalue weighted by Crippen LogP contribution is 2.36. The Balaban J connectivity index is 1.29. The number of carbonyl (C=O) groups is 2. The lowest BCUT2D eigenvalue weighted by molar-refractivity contribution is 0.0746. The van der Waals surface area contributed by atoms with E-state index in [-0.39, 0.29) is 24.2 Å². The van der Waals surface area contributed by atoms with Crippen molar-refractivity contribution in [2.75, 3.05) is 43.1 Å². The van der Waals surface area contributed by atoms with Crippen molar-refractivity contribution in [3.63, 3.8) is 0 Å². The van der Waals surface area contributed by atoms with Crippen LogP contribution in [0.15, 0.2) is 101 Å². The highest BCUT2D eigenvalue weighted by molar-refractivity contribution is 7.85. The minimum atomic E-state index is -1.63. The lowest BCUT2D eigenvalue weighted by atomic mass is 10.1. The van der Waals surface area contributed by atoms with E-state index < -0.39 is 10.8 Å². The third kappa shape index (κ3) is 5.20. The Labute approximate surface area is 240 Å². The van der Waals surface area contributed by atoms with Crippen LogP contribution in [-0.4, -0.2) is 54.2 Å². The average molecular weight is 570 g/mol. The molecule has 0 spiro atoms. The monoisotopic (exact) mass is 569 g/mol. The Morgan fingerprint density at radius 2 is 1.59 bits per heavy atom. The predicted octanol–water partition coefficient (Wildman–Crippen LogP) is 5.12. The zero-order valence-electron chi connectivity index (χ0n) is 22.5. The van der Waals surface area contributed by atoms with Crippen molar-refractivity contribution < 1.29 is 22.9 Å². The number of carbonyl (C=O) groups excluding carboxylic acids is 2. The summed E-state index contributed by atoms with van der Waals surface area (Å²) in [5.41, 5.74) is 2.95. The fourth-order valence-electron chi connectivity index (χ4n) is 5.27. The van der Waals surface area contributed by atoms with Gasteiger partial charge in [0, 0.05) is 37.4 Å². The fraction of sp³-hybridized carbons (Fsp3) is 0.188. The number of nitrogens with zero attached hydrogens (tertiary/aromatic N) is 3. The van der Waals surface area contributed by atoms with Gasteiger partial charge in [-0.3, -0.25) is 9.59 Å². The van der Waals surface area contributed by atoms with Crippen LogP contribution in [0, 0.1) is 5.82 Å². The van der Waals surface area contributed by atoms with Crippen molar-refractivity contribution in [2.24, 2.45) is 0 Å². The Morgan fingerprint density at radius 3 is 2.29 bits per heavy atom. The summed E-state index contributed by atoms with van der Waals surface area (Å²) < 4.78 is 32.5. The number of amides is 2. The molecule has 4 aromatic rings. The summed E-state index contributed by atoms with van der Waals surface area (Å²) in [5.74, 6) is -0.0526. The van der Waals surface area contributed by atoms with Crippen LogP contribution < -0.4 is 14.5 Å². The molecule has 0 bridgehead atoms. The van der Waals surface area contributed by atoms with Crippen molar-refractivity contribution in [1.82, 2.24) is 4.90 Å². The second-order valence-corrected chi connectivity index (χ2v) is 11.4. The van der Waals surface area contributed by atoms with Crippen LogP contribution in [0.2, 0.25) is 0 Å². The summed E-state index contributed by atoms with van der Waals surface area (Å²) >= 11 is 0. The molecule has 4 aromatic carbocycles. The van der Waals surface area contributed by atoms with Gasteiger partial charge in [0.05, 0.1) is 45.5 Å². The summed E-state index contributed by atoms with van der Waals surface area (Å²) in [5, 5.41) is 0. The molecule has 0 aromatic heterocycles. The summed E-state index contributed by atoms with van der Waals surface area (Å²) in [6.07, 6.45) is 0. The molecule has 1 fully saturated rings. The molecule has 6 rings (SSSR count). The van der Waals surface area contributed by atoms with Gasteiger partial charge in [0.25, 0.3) is 11.8 Å². The van der Waals surface area contributed by atoms with Crippen LogP contribution in [0.5, 0.6) is 5.75 Å². The van der Waals surface area contributed by atoms with Crippen LogP contribution >= 0.6 is 0 Å². The van der Waals surface area contributed by atoms with E-state index >= 15 is 0 Å². The van der Waals surface area contributed by atoms with Gasteiger partial charge in [-0.05, 0) is 72.3 Å². The van der Waals surface area contributed by atoms with Gasteiger partial charge in [-0.25, -0.2) is 8.60 Å². The SMILES string of the molecule is COc1ccc(N2CCN(C(=O)c3ccc4c(c3)N(Cc3ccc(F)cc3)C(=O)c3ccccc3[S@@]4=O)CC2)cc1. The molecule has 41 heavy (non-hydrogen) atoms. The van der Waals surface area contributed by atoms with Gasteiger partial charge in [0.15, 0.2) is 0 Å². The average Bonchev–Trinajstić information content (AvgIpc) is 3.11. The number of anilines is 2. The van der Waals surface area contributed by atoms with Gasteiger partial charge in [0.1, 0.15) is 11.6 Å². The number of ether oxygens (including phenoxy) is 1. The van der Waals surface area contributed by atoms with Crippen molar-refractivity contribution in [3.8, 4) is 5.75 Å². The smallest absolute Gasteiger partial charge is 0.259 e. The number of fused-ring (bicyclic) bond motifs is 2. The summed E-state index contributed by atoms with van der Waals surface area (Å²) in [6, 6.07) is 25.6. The molecule has 0 radical (unpaired) electrons. The molecule has 2 heterocycles. The van der Waals surface area contributed by atoms with Gasteiger partial charge in [0.2, 0.25) is 0 Å². The molecule has 208 valence electrons. The van der Waals surface area contributed by atoms with Gasteiger partial charge < -0.3 is 19.4 Å². The Morgan fingerprint density at radius 1 is 0.878 bits per heavy atom. The molecule has 0 unspecified atom stereocenters. The first kappa shape index (κ1) is 26.7. The number of methoxy groups -OCH3 is 1. The van der Waals surface area contributed by atoms with E-state index in [1.165, 1.54) is 17.0 Å². The van der Waals surface area contributed by atoms with E-state index in [2.05, 4.69) is 4.90 Å². The summed E-state index contributed by atoms with van der Waals surface area (Å²) in [6.45, 7) is 2.57. The number of hydrogen-bond acceptors (Lipinski definition) is 5. The van der Waals surface area contributed by atoms with Gasteiger partial charge >= 0.3 is 0 Å². The summed E-state index contributed by atoms with van der Waals surface area (Å²) in [4.78, 5) is 33.9. The van der Waals surface area contributed by atoms with Gasteiger partial charge in [-0.15, -0.1) is 0 Å². The highest BCUT2D eigenvalue weighted by Gasteiger charge is 2.32. The van der Waals surface area contributed by atoms with E-state index in [0.29, 0.717) is 58.3 Å². The topological polar surface area (TPSA) is 70.2 Å². The molecule has 1 saturated heterocycles. The standard InChI is InChI=1S/C32H28FN3O4S/c1-40-26-13-11-25(12-14-26)34-16-18-35(19-17-34)31(37)23-8-15-30-28(20-23)36(21-22-6-9-24(33)10-7-22)32(38)27-4-2-3-5-29(27)41(30)39/h2-15,20H,16-19,21H2,1H3/t41-/m0/s1. The van der Waals surface area contributed by atoms with E-state index in [1.54, 1.807) is 66.6 Å². The van der Waals surface area contributed by atoms with Crippen LogP contribution in [0.3, 0.4) is 0 Å². The Hall–Kier alpha value is -4.50. The van der Waals surface area contributed by atoms with Crippen LogP contribution in [-0.2, 0) is 17.3 Å². The molecule has 2 aliphatic heterocycles. The lowest BCUT2D eigenvalue weighted by Gasteiger charge is -2.36. The fourth-order valence-corrected chi connectivity index (χ4v) is 6.61. The minimum absolute atomic E-state index is 0.135. The molecule has 1 atom stereocenters. The second kappa shape index (κ2) is 11.2. The highest BCUT2D eigenvalue weighted by atomic mass is 32.2. The van der Waals surface area contributed by atoms with E-state index in [9.17, 15) is 18.2 Å². The third-order valence-electron chi connectivity index (χ3n) is 7.52. The predicted molar refractivity (Wildman–Crippen MR) is 156 cm³/mol. The van der Waals surface area contributed by atoms with Crippen molar-refractivity contribution >= 4 is 34.0 Å². The molecule has 0 saturated carbocycles. The zero-order valence-corrected chi connectivity index (χ0v) is 23.3. The molecule has 7 nitrogen and oxygen atoms in total. The molecular weight excluding hydrogens is 541 g/mol. The molecule has 2 amide bonds. The van der Waals surface area contributed by atoms with Crippen LogP contribution in [0.1, 0.15) is 26.3 Å². The Kier molecular flexibility index (Phi) is 7.28. The first-order valence-electron chi connectivity index (χ1n) is 13.3. The van der Waals surface area contributed by atoms with Gasteiger partial charge in [-0.2, -0.15) is 0 Å². The van der Waals surface area contributed by atoms with Gasteiger partial charge in [-0.1, -0.05) is 24.3 Å². The van der Waals surface area contributed by atoms with E-state index in [1.807, 2.05) is 24.3 Å². The normalized spacial score (nSPS) is 16.6. The number of rotatable bonds is 5. The van der Waals surface area contributed by atoms with Crippen LogP contribution in [0.25, 0.3) is 0 Å². The van der Waals surface area contributed by atoms with Crippen molar-refractivity contribution in [1.29, 1.82) is 0 Å². The zero-order chi connectivity index (χ0) is 28.5. The van der Waals surface area contributed by atoms with Crippen LogP contribution in [0.4, 0.5) is 15.8 Å². The largest absolute Gasteiger partial charge is 0.497 e. The molecule has 9 heteroatoms. The van der Waals surface area contributed by atoms with E-state index in [4.69, 9.17) is 4.74 Å². The lowest BCUT2D eigenvalue weighted by Crippen LogP contribution is -2.48. The summed E-state index contributed by atoms with van der Waals surface area (Å²) in [7, 11) is 0.00696. The molecular formula is C32H28FN3O4S. The van der Waals surface area contributed by atoms with Crippen molar-refractivity contribution in [3.05, 3.63) is 114 Å². The number of piperazine rings is 1. The first-order valence-corrected chi connectivity index (χ1v) is 14.5.